The third-order valence-electron chi connectivity index (χ3n) is 4.46. The molecule has 0 radical (unpaired) electrons. The molecule has 0 bridgehead atoms. The number of thioether (sulfide) groups is 1. The predicted octanol–water partition coefficient (Wildman–Crippen LogP) is 3.48. The Balaban J connectivity index is 1.60. The number of hydrogen-bond acceptors (Lipinski definition) is 4. The number of ether oxygens (including phenoxy) is 1. The molecule has 1 fully saturated rings. The van der Waals surface area contributed by atoms with Crippen LogP contribution in [0, 0.1) is 6.92 Å². The molecule has 5 heteroatoms. The van der Waals surface area contributed by atoms with Gasteiger partial charge in [0.25, 0.3) is 5.91 Å². The summed E-state index contributed by atoms with van der Waals surface area (Å²) in [5.74, 6) is -0.0225. The van der Waals surface area contributed by atoms with E-state index in [1.165, 1.54) is 5.69 Å². The summed E-state index contributed by atoms with van der Waals surface area (Å²) in [6.07, 6.45) is 2.02. The predicted molar refractivity (Wildman–Crippen MR) is 104 cm³/mol. The van der Waals surface area contributed by atoms with E-state index in [-0.39, 0.29) is 5.91 Å². The summed E-state index contributed by atoms with van der Waals surface area (Å²) in [4.78, 5) is 15.9. The van der Waals surface area contributed by atoms with Crippen LogP contribution in [0.1, 0.15) is 21.5 Å². The van der Waals surface area contributed by atoms with Crippen molar-refractivity contribution in [2.75, 3.05) is 37.5 Å². The molecule has 0 saturated carbocycles. The van der Waals surface area contributed by atoms with Gasteiger partial charge in [-0.3, -0.25) is 4.79 Å². The molecule has 1 amide bonds. The summed E-state index contributed by atoms with van der Waals surface area (Å²) in [7, 11) is 0. The van der Waals surface area contributed by atoms with Crippen LogP contribution in [0.3, 0.4) is 0 Å². The second-order valence-corrected chi connectivity index (χ2v) is 7.01. The van der Waals surface area contributed by atoms with E-state index >= 15 is 0 Å². The highest BCUT2D eigenvalue weighted by Gasteiger charge is 2.12. The summed E-state index contributed by atoms with van der Waals surface area (Å²) in [5.41, 5.74) is 4.06. The first-order chi connectivity index (χ1) is 12.2. The zero-order valence-corrected chi connectivity index (χ0v) is 15.6. The third-order valence-corrected chi connectivity index (χ3v) is 5.18. The van der Waals surface area contributed by atoms with Crippen molar-refractivity contribution in [1.29, 1.82) is 0 Å². The molecule has 0 aromatic heterocycles. The molecule has 1 aliphatic heterocycles. The average Bonchev–Trinajstić information content (AvgIpc) is 2.67. The molecule has 1 saturated heterocycles. The number of hydrogen-bond donors (Lipinski definition) is 1. The van der Waals surface area contributed by atoms with Crippen molar-refractivity contribution in [2.24, 2.45) is 0 Å². The standard InChI is InChI=1S/C20H24N2O2S/c1-15-3-8-18(25-2)13-19(15)20(23)21-14-16-4-6-17(7-5-16)22-9-11-24-12-10-22/h3-8,13H,9-12,14H2,1-2H3,(H,21,23). The fourth-order valence-electron chi connectivity index (χ4n) is 2.90. The quantitative estimate of drug-likeness (QED) is 0.833. The Morgan fingerprint density at radius 1 is 1.16 bits per heavy atom. The number of nitrogens with zero attached hydrogens (tertiary/aromatic N) is 1. The van der Waals surface area contributed by atoms with Gasteiger partial charge in [-0.1, -0.05) is 18.2 Å². The first-order valence-electron chi connectivity index (χ1n) is 8.52. The maximum Gasteiger partial charge on any atom is 0.251 e. The molecule has 3 rings (SSSR count). The van der Waals surface area contributed by atoms with Gasteiger partial charge in [0.2, 0.25) is 0 Å². The molecule has 1 heterocycles. The van der Waals surface area contributed by atoms with E-state index in [1.807, 2.05) is 31.4 Å². The van der Waals surface area contributed by atoms with Crippen LogP contribution >= 0.6 is 11.8 Å². The van der Waals surface area contributed by atoms with Crippen molar-refractivity contribution in [3.63, 3.8) is 0 Å². The fourth-order valence-corrected chi connectivity index (χ4v) is 3.34. The molecule has 0 unspecified atom stereocenters. The van der Waals surface area contributed by atoms with Crippen molar-refractivity contribution in [3.8, 4) is 0 Å². The van der Waals surface area contributed by atoms with Crippen LogP contribution in [0.4, 0.5) is 5.69 Å². The zero-order chi connectivity index (χ0) is 17.6. The largest absolute Gasteiger partial charge is 0.378 e. The molecule has 0 aliphatic carbocycles. The lowest BCUT2D eigenvalue weighted by molar-refractivity contribution is 0.0950. The number of carbonyl (C=O) groups is 1. The normalized spacial score (nSPS) is 14.4. The number of amides is 1. The van der Waals surface area contributed by atoms with Gasteiger partial charge in [0, 0.05) is 35.8 Å². The second-order valence-electron chi connectivity index (χ2n) is 6.13. The van der Waals surface area contributed by atoms with Gasteiger partial charge in [-0.2, -0.15) is 0 Å². The Hall–Kier alpha value is -1.98. The minimum atomic E-state index is -0.0225. The Bertz CT molecular complexity index is 725. The van der Waals surface area contributed by atoms with Gasteiger partial charge in [-0.15, -0.1) is 11.8 Å². The fraction of sp³-hybridized carbons (Fsp3) is 0.350. The topological polar surface area (TPSA) is 41.6 Å². The Morgan fingerprint density at radius 3 is 2.56 bits per heavy atom. The smallest absolute Gasteiger partial charge is 0.251 e. The summed E-state index contributed by atoms with van der Waals surface area (Å²) in [6, 6.07) is 14.4. The molecule has 0 atom stereocenters. The third kappa shape index (κ3) is 4.55. The van der Waals surface area contributed by atoms with E-state index in [9.17, 15) is 4.79 Å². The number of carbonyl (C=O) groups excluding carboxylic acids is 1. The number of benzene rings is 2. The Kier molecular flexibility index (Phi) is 6.00. The van der Waals surface area contributed by atoms with E-state index < -0.39 is 0 Å². The Morgan fingerprint density at radius 2 is 1.88 bits per heavy atom. The summed E-state index contributed by atoms with van der Waals surface area (Å²) in [5, 5.41) is 3.02. The number of rotatable bonds is 5. The van der Waals surface area contributed by atoms with E-state index in [0.29, 0.717) is 6.54 Å². The molecular formula is C20H24N2O2S. The van der Waals surface area contributed by atoms with Gasteiger partial charge in [-0.25, -0.2) is 0 Å². The van der Waals surface area contributed by atoms with E-state index in [0.717, 1.165) is 47.9 Å². The number of morpholine rings is 1. The first kappa shape index (κ1) is 17.8. The van der Waals surface area contributed by atoms with Crippen LogP contribution in [-0.2, 0) is 11.3 Å². The minimum Gasteiger partial charge on any atom is -0.378 e. The van der Waals surface area contributed by atoms with Crippen LogP contribution in [0.25, 0.3) is 0 Å². The van der Waals surface area contributed by atoms with E-state index in [1.54, 1.807) is 11.8 Å². The zero-order valence-electron chi connectivity index (χ0n) is 14.7. The summed E-state index contributed by atoms with van der Waals surface area (Å²) >= 11 is 1.65. The number of nitrogens with one attached hydrogen (secondary N) is 1. The SMILES string of the molecule is CSc1ccc(C)c(C(=O)NCc2ccc(N3CCOCC3)cc2)c1. The van der Waals surface area contributed by atoms with Crippen LogP contribution in [0.2, 0.25) is 0 Å². The number of anilines is 1. The van der Waals surface area contributed by atoms with Crippen molar-refractivity contribution in [2.45, 2.75) is 18.4 Å². The highest BCUT2D eigenvalue weighted by Crippen LogP contribution is 2.20. The van der Waals surface area contributed by atoms with Crippen molar-refractivity contribution < 1.29 is 9.53 Å². The van der Waals surface area contributed by atoms with Crippen LogP contribution in [0.15, 0.2) is 47.4 Å². The van der Waals surface area contributed by atoms with Gasteiger partial charge in [0.05, 0.1) is 13.2 Å². The molecule has 4 nitrogen and oxygen atoms in total. The van der Waals surface area contributed by atoms with Crippen LogP contribution in [-0.4, -0.2) is 38.5 Å². The average molecular weight is 356 g/mol. The highest BCUT2D eigenvalue weighted by molar-refractivity contribution is 7.98. The Labute approximate surface area is 153 Å². The molecule has 132 valence electrons. The van der Waals surface area contributed by atoms with Crippen molar-refractivity contribution in [1.82, 2.24) is 5.32 Å². The number of aryl methyl sites for hydroxylation is 1. The van der Waals surface area contributed by atoms with Gasteiger partial charge < -0.3 is 15.0 Å². The van der Waals surface area contributed by atoms with E-state index in [4.69, 9.17) is 4.74 Å². The molecule has 2 aromatic rings. The van der Waals surface area contributed by atoms with Crippen molar-refractivity contribution in [3.05, 3.63) is 59.2 Å². The molecule has 1 aliphatic rings. The van der Waals surface area contributed by atoms with Gasteiger partial charge >= 0.3 is 0 Å². The van der Waals surface area contributed by atoms with Gasteiger partial charge in [-0.05, 0) is 48.6 Å². The first-order valence-corrected chi connectivity index (χ1v) is 9.74. The van der Waals surface area contributed by atoms with Crippen LogP contribution in [0.5, 0.6) is 0 Å². The highest BCUT2D eigenvalue weighted by atomic mass is 32.2. The lowest BCUT2D eigenvalue weighted by Crippen LogP contribution is -2.36. The lowest BCUT2D eigenvalue weighted by atomic mass is 10.1. The second kappa shape index (κ2) is 8.41. The molecule has 25 heavy (non-hydrogen) atoms. The summed E-state index contributed by atoms with van der Waals surface area (Å²) in [6.45, 7) is 5.93. The summed E-state index contributed by atoms with van der Waals surface area (Å²) < 4.78 is 5.39. The molecule has 2 aromatic carbocycles. The van der Waals surface area contributed by atoms with Gasteiger partial charge in [0.15, 0.2) is 0 Å². The maximum atomic E-state index is 12.5. The lowest BCUT2D eigenvalue weighted by Gasteiger charge is -2.28. The minimum absolute atomic E-state index is 0.0225. The molecule has 1 N–H and O–H groups in total. The maximum absolute atomic E-state index is 12.5. The van der Waals surface area contributed by atoms with Gasteiger partial charge in [0.1, 0.15) is 0 Å². The van der Waals surface area contributed by atoms with Crippen LogP contribution < -0.4 is 10.2 Å². The molecule has 0 spiro atoms. The van der Waals surface area contributed by atoms with Crippen molar-refractivity contribution >= 4 is 23.4 Å². The monoisotopic (exact) mass is 356 g/mol. The van der Waals surface area contributed by atoms with E-state index in [2.05, 4.69) is 34.5 Å². The molecular weight excluding hydrogens is 332 g/mol.